The number of benzene rings is 4. The Balaban J connectivity index is 1.59. The number of aromatic nitrogens is 2. The second kappa shape index (κ2) is 15.2. The molecule has 0 spiro atoms. The van der Waals surface area contributed by atoms with Gasteiger partial charge in [0.2, 0.25) is 0 Å². The Morgan fingerprint density at radius 3 is 1.88 bits per heavy atom. The molecule has 0 aliphatic heterocycles. The third-order valence-electron chi connectivity index (χ3n) is 7.52. The lowest BCUT2D eigenvalue weighted by Crippen LogP contribution is -2.24. The normalized spacial score (nSPS) is 11.2. The van der Waals surface area contributed by atoms with Gasteiger partial charge in [-0.15, -0.1) is 0 Å². The molecule has 0 atom stereocenters. The second-order valence-corrected chi connectivity index (χ2v) is 10.7. The maximum absolute atomic E-state index is 5.98. The summed E-state index contributed by atoms with van der Waals surface area (Å²) in [5, 5.41) is 0. The summed E-state index contributed by atoms with van der Waals surface area (Å²) in [4.78, 5) is 7.86. The molecule has 0 bridgehead atoms. The minimum atomic E-state index is 0.594. The Bertz CT molecular complexity index is 1550. The van der Waals surface area contributed by atoms with Crippen molar-refractivity contribution in [2.24, 2.45) is 0 Å². The zero-order chi connectivity index (χ0) is 29.9. The number of unbranched alkanes of at least 4 members (excludes halogenated alkanes) is 1. The number of imidazole rings is 1. The fourth-order valence-electron chi connectivity index (χ4n) is 5.51. The van der Waals surface area contributed by atoms with Crippen molar-refractivity contribution in [1.82, 2.24) is 14.5 Å². The fourth-order valence-corrected chi connectivity index (χ4v) is 5.51. The first-order chi connectivity index (χ1) is 21.2. The van der Waals surface area contributed by atoms with Crippen molar-refractivity contribution in [2.75, 3.05) is 13.2 Å². The number of rotatable bonds is 15. The molecule has 5 nitrogen and oxygen atoms in total. The smallest absolute Gasteiger partial charge is 0.161 e. The number of hydrogen-bond donors (Lipinski definition) is 0. The highest BCUT2D eigenvalue weighted by Crippen LogP contribution is 2.33. The van der Waals surface area contributed by atoms with Crippen LogP contribution in [-0.2, 0) is 26.2 Å². The summed E-state index contributed by atoms with van der Waals surface area (Å²) < 4.78 is 14.3. The van der Waals surface area contributed by atoms with Crippen LogP contribution in [0.2, 0.25) is 0 Å². The van der Waals surface area contributed by atoms with E-state index in [2.05, 4.69) is 120 Å². The van der Waals surface area contributed by atoms with Gasteiger partial charge in [-0.25, -0.2) is 4.98 Å². The summed E-state index contributed by atoms with van der Waals surface area (Å²) in [6.07, 6.45) is 2.21. The van der Waals surface area contributed by atoms with Crippen LogP contribution in [0.5, 0.6) is 11.5 Å². The van der Waals surface area contributed by atoms with Gasteiger partial charge in [0.1, 0.15) is 5.82 Å². The van der Waals surface area contributed by atoms with Gasteiger partial charge in [0.15, 0.2) is 11.5 Å². The van der Waals surface area contributed by atoms with Crippen LogP contribution in [0.4, 0.5) is 0 Å². The van der Waals surface area contributed by atoms with Gasteiger partial charge in [0.05, 0.1) is 24.6 Å². The van der Waals surface area contributed by atoms with Crippen molar-refractivity contribution in [3.05, 3.63) is 126 Å². The summed E-state index contributed by atoms with van der Waals surface area (Å²) in [6, 6.07) is 38.3. The van der Waals surface area contributed by atoms with Crippen molar-refractivity contribution in [2.45, 2.75) is 59.8 Å². The van der Waals surface area contributed by atoms with Gasteiger partial charge in [-0.2, -0.15) is 0 Å². The SMILES string of the molecule is CCCCn1c(-c2ccccc2)nc(-c2ccccc2)c1CN(Cc1ccccc1)Cc1ccc(OCC)c(OCC)c1. The van der Waals surface area contributed by atoms with Gasteiger partial charge in [0, 0.05) is 37.3 Å². The second-order valence-electron chi connectivity index (χ2n) is 10.7. The highest BCUT2D eigenvalue weighted by atomic mass is 16.5. The Morgan fingerprint density at radius 2 is 1.23 bits per heavy atom. The maximum atomic E-state index is 5.98. The predicted octanol–water partition coefficient (Wildman–Crippen LogP) is 9.02. The molecule has 0 saturated carbocycles. The first-order valence-electron chi connectivity index (χ1n) is 15.5. The van der Waals surface area contributed by atoms with Gasteiger partial charge >= 0.3 is 0 Å². The van der Waals surface area contributed by atoms with E-state index >= 15 is 0 Å². The molecule has 1 aromatic heterocycles. The Kier molecular flexibility index (Phi) is 10.7. The van der Waals surface area contributed by atoms with Gasteiger partial charge in [0.25, 0.3) is 0 Å². The molecule has 1 heterocycles. The summed E-state index contributed by atoms with van der Waals surface area (Å²) in [5.41, 5.74) is 7.05. The molecule has 0 radical (unpaired) electrons. The average Bonchev–Trinajstić information content (AvgIpc) is 3.40. The van der Waals surface area contributed by atoms with Crippen molar-refractivity contribution < 1.29 is 9.47 Å². The van der Waals surface area contributed by atoms with E-state index in [1.807, 2.05) is 19.9 Å². The molecule has 5 heteroatoms. The highest BCUT2D eigenvalue weighted by molar-refractivity contribution is 5.68. The zero-order valence-corrected chi connectivity index (χ0v) is 25.7. The van der Waals surface area contributed by atoms with Crippen molar-refractivity contribution >= 4 is 0 Å². The number of ether oxygens (including phenoxy) is 2. The summed E-state index contributed by atoms with van der Waals surface area (Å²) in [5.74, 6) is 2.62. The molecule has 0 amide bonds. The van der Waals surface area contributed by atoms with Crippen molar-refractivity contribution in [3.63, 3.8) is 0 Å². The fraction of sp³-hybridized carbons (Fsp3) is 0.289. The lowest BCUT2D eigenvalue weighted by atomic mass is 10.1. The van der Waals surface area contributed by atoms with E-state index in [-0.39, 0.29) is 0 Å². The number of hydrogen-bond acceptors (Lipinski definition) is 4. The van der Waals surface area contributed by atoms with E-state index in [4.69, 9.17) is 14.5 Å². The van der Waals surface area contributed by atoms with E-state index < -0.39 is 0 Å². The first-order valence-corrected chi connectivity index (χ1v) is 15.5. The minimum absolute atomic E-state index is 0.594. The Hall–Kier alpha value is -4.35. The van der Waals surface area contributed by atoms with E-state index in [0.29, 0.717) is 13.2 Å². The minimum Gasteiger partial charge on any atom is -0.490 e. The summed E-state index contributed by atoms with van der Waals surface area (Å²) >= 11 is 0. The van der Waals surface area contributed by atoms with E-state index in [1.165, 1.54) is 16.8 Å². The molecule has 5 rings (SSSR count). The molecule has 0 N–H and O–H groups in total. The summed E-state index contributed by atoms with van der Waals surface area (Å²) in [6.45, 7) is 10.7. The van der Waals surface area contributed by atoms with Gasteiger partial charge in [-0.05, 0) is 43.5 Å². The largest absolute Gasteiger partial charge is 0.490 e. The lowest BCUT2D eigenvalue weighted by molar-refractivity contribution is 0.240. The first kappa shape index (κ1) is 30.1. The zero-order valence-electron chi connectivity index (χ0n) is 25.7. The maximum Gasteiger partial charge on any atom is 0.161 e. The molecule has 0 aliphatic rings. The molecule has 4 aromatic carbocycles. The lowest BCUT2D eigenvalue weighted by Gasteiger charge is -2.25. The quantitative estimate of drug-likeness (QED) is 0.125. The molecular formula is C38H43N3O2. The third-order valence-corrected chi connectivity index (χ3v) is 7.52. The van der Waals surface area contributed by atoms with Crippen LogP contribution in [0.1, 0.15) is 50.4 Å². The molecule has 0 aliphatic carbocycles. The summed E-state index contributed by atoms with van der Waals surface area (Å²) in [7, 11) is 0. The van der Waals surface area contributed by atoms with Crippen LogP contribution in [0.3, 0.4) is 0 Å². The average molecular weight is 574 g/mol. The predicted molar refractivity (Wildman–Crippen MR) is 176 cm³/mol. The number of nitrogens with zero attached hydrogens (tertiary/aromatic N) is 3. The molecule has 43 heavy (non-hydrogen) atoms. The Labute approximate surface area is 256 Å². The standard InChI is InChI=1S/C38H43N3O2/c1-4-7-25-41-34(37(32-19-13-9-14-20-32)39-38(41)33-21-15-10-16-22-33)29-40(27-30-17-11-8-12-18-30)28-31-23-24-35(42-5-2)36(26-31)43-6-3/h8-24,26H,4-7,25,27-29H2,1-3H3. The molecule has 5 aromatic rings. The molecular weight excluding hydrogens is 530 g/mol. The van der Waals surface area contributed by atoms with Crippen LogP contribution in [0.25, 0.3) is 22.6 Å². The monoisotopic (exact) mass is 573 g/mol. The molecule has 0 unspecified atom stereocenters. The van der Waals surface area contributed by atoms with Crippen LogP contribution in [-0.4, -0.2) is 27.7 Å². The molecule has 222 valence electrons. The van der Waals surface area contributed by atoms with Crippen molar-refractivity contribution in [3.8, 4) is 34.1 Å². The van der Waals surface area contributed by atoms with Gasteiger partial charge < -0.3 is 14.0 Å². The van der Waals surface area contributed by atoms with Gasteiger partial charge in [-0.1, -0.05) is 110 Å². The van der Waals surface area contributed by atoms with Crippen LogP contribution in [0.15, 0.2) is 109 Å². The molecule has 0 saturated heterocycles. The highest BCUT2D eigenvalue weighted by Gasteiger charge is 2.22. The van der Waals surface area contributed by atoms with E-state index in [9.17, 15) is 0 Å². The van der Waals surface area contributed by atoms with Crippen LogP contribution >= 0.6 is 0 Å². The van der Waals surface area contributed by atoms with Crippen LogP contribution in [0, 0.1) is 0 Å². The van der Waals surface area contributed by atoms with E-state index in [0.717, 1.165) is 73.2 Å². The van der Waals surface area contributed by atoms with Crippen LogP contribution < -0.4 is 9.47 Å². The topological polar surface area (TPSA) is 39.5 Å². The third kappa shape index (κ3) is 7.74. The van der Waals surface area contributed by atoms with Crippen molar-refractivity contribution in [1.29, 1.82) is 0 Å². The Morgan fingerprint density at radius 1 is 0.628 bits per heavy atom. The van der Waals surface area contributed by atoms with Gasteiger partial charge in [-0.3, -0.25) is 4.90 Å². The molecule has 0 fully saturated rings. The van der Waals surface area contributed by atoms with E-state index in [1.54, 1.807) is 0 Å².